The number of methoxy groups -OCH3 is 2. The molecule has 34 heavy (non-hydrogen) atoms. The SMILES string of the molecule is COc1cc2c(cc1OC)[C@H](c1ccccc1)N(CC(=O)Nc1ccc(C)cc1[N+](=O)[O-])CC2. The van der Waals surface area contributed by atoms with Crippen molar-refractivity contribution >= 4 is 17.3 Å². The lowest BCUT2D eigenvalue weighted by atomic mass is 9.87. The summed E-state index contributed by atoms with van der Waals surface area (Å²) in [5.41, 5.74) is 4.06. The van der Waals surface area contributed by atoms with Crippen molar-refractivity contribution in [3.05, 3.63) is 93.0 Å². The molecule has 1 aliphatic rings. The molecule has 8 heteroatoms. The maximum atomic E-state index is 13.0. The number of anilines is 1. The number of nitro groups is 1. The molecular formula is C26H27N3O5. The first-order valence-corrected chi connectivity index (χ1v) is 11.0. The number of rotatable bonds is 7. The molecule has 1 aliphatic heterocycles. The minimum atomic E-state index is -0.480. The van der Waals surface area contributed by atoms with Gasteiger partial charge in [-0.05, 0) is 53.8 Å². The van der Waals surface area contributed by atoms with Crippen LogP contribution in [0.1, 0.15) is 28.3 Å². The first kappa shape index (κ1) is 23.3. The topological polar surface area (TPSA) is 93.9 Å². The third kappa shape index (κ3) is 4.72. The van der Waals surface area contributed by atoms with Crippen molar-refractivity contribution < 1.29 is 19.2 Å². The van der Waals surface area contributed by atoms with Crippen LogP contribution in [0.25, 0.3) is 0 Å². The fourth-order valence-electron chi connectivity index (χ4n) is 4.47. The maximum absolute atomic E-state index is 13.0. The number of carbonyl (C=O) groups is 1. The highest BCUT2D eigenvalue weighted by molar-refractivity contribution is 5.94. The number of aryl methyl sites for hydroxylation is 1. The minimum absolute atomic E-state index is 0.0817. The number of amides is 1. The number of fused-ring (bicyclic) bond motifs is 1. The van der Waals surface area contributed by atoms with Crippen molar-refractivity contribution in [2.45, 2.75) is 19.4 Å². The largest absolute Gasteiger partial charge is 0.493 e. The smallest absolute Gasteiger partial charge is 0.293 e. The quantitative estimate of drug-likeness (QED) is 0.411. The minimum Gasteiger partial charge on any atom is -0.493 e. The number of benzene rings is 3. The van der Waals surface area contributed by atoms with E-state index in [9.17, 15) is 14.9 Å². The van der Waals surface area contributed by atoms with Gasteiger partial charge in [0.25, 0.3) is 5.69 Å². The van der Waals surface area contributed by atoms with Gasteiger partial charge < -0.3 is 14.8 Å². The molecular weight excluding hydrogens is 434 g/mol. The second kappa shape index (κ2) is 9.93. The van der Waals surface area contributed by atoms with Crippen LogP contribution in [0.5, 0.6) is 11.5 Å². The maximum Gasteiger partial charge on any atom is 0.293 e. The highest BCUT2D eigenvalue weighted by Crippen LogP contribution is 2.41. The Morgan fingerprint density at radius 3 is 2.47 bits per heavy atom. The van der Waals surface area contributed by atoms with E-state index in [2.05, 4.69) is 10.2 Å². The van der Waals surface area contributed by atoms with Gasteiger partial charge in [0, 0.05) is 12.6 Å². The molecule has 1 heterocycles. The molecule has 0 radical (unpaired) electrons. The first-order chi connectivity index (χ1) is 16.4. The van der Waals surface area contributed by atoms with E-state index in [1.807, 2.05) is 42.5 Å². The van der Waals surface area contributed by atoms with E-state index in [1.54, 1.807) is 33.3 Å². The van der Waals surface area contributed by atoms with Crippen LogP contribution in [-0.2, 0) is 11.2 Å². The predicted octanol–water partition coefficient (Wildman–Crippen LogP) is 4.51. The Bertz CT molecular complexity index is 1210. The van der Waals surface area contributed by atoms with Crippen molar-refractivity contribution in [1.82, 2.24) is 4.90 Å². The molecule has 3 aromatic rings. The number of nitrogens with one attached hydrogen (secondary N) is 1. The number of nitro benzene ring substituents is 1. The predicted molar refractivity (Wildman–Crippen MR) is 130 cm³/mol. The van der Waals surface area contributed by atoms with Crippen molar-refractivity contribution in [3.63, 3.8) is 0 Å². The fourth-order valence-corrected chi connectivity index (χ4v) is 4.47. The molecule has 0 aromatic heterocycles. The van der Waals surface area contributed by atoms with Crippen molar-refractivity contribution in [2.75, 3.05) is 32.6 Å². The van der Waals surface area contributed by atoms with Crippen LogP contribution in [0.4, 0.5) is 11.4 Å². The summed E-state index contributed by atoms with van der Waals surface area (Å²) in [6.07, 6.45) is 0.733. The third-order valence-corrected chi connectivity index (χ3v) is 6.06. The molecule has 0 saturated carbocycles. The third-order valence-electron chi connectivity index (χ3n) is 6.06. The molecule has 0 aliphatic carbocycles. The van der Waals surface area contributed by atoms with Gasteiger partial charge in [0.15, 0.2) is 11.5 Å². The van der Waals surface area contributed by atoms with Crippen LogP contribution in [-0.4, -0.2) is 43.0 Å². The molecule has 1 amide bonds. The standard InChI is InChI=1S/C26H27N3O5/c1-17-9-10-21(22(13-17)29(31)32)27-25(30)16-28-12-11-19-14-23(33-2)24(34-3)15-20(19)26(28)18-7-5-4-6-8-18/h4-10,13-15,26H,11-12,16H2,1-3H3,(H,27,30)/t26-/m0/s1. The van der Waals surface area contributed by atoms with Gasteiger partial charge >= 0.3 is 0 Å². The second-order valence-corrected chi connectivity index (χ2v) is 8.27. The number of carbonyl (C=O) groups excluding carboxylic acids is 1. The van der Waals surface area contributed by atoms with Crippen LogP contribution >= 0.6 is 0 Å². The van der Waals surface area contributed by atoms with Crippen LogP contribution < -0.4 is 14.8 Å². The number of nitrogens with zero attached hydrogens (tertiary/aromatic N) is 2. The molecule has 4 rings (SSSR count). The Kier molecular flexibility index (Phi) is 6.79. The Labute approximate surface area is 198 Å². The molecule has 176 valence electrons. The Morgan fingerprint density at radius 1 is 1.09 bits per heavy atom. The van der Waals surface area contributed by atoms with E-state index in [0.29, 0.717) is 18.0 Å². The van der Waals surface area contributed by atoms with Crippen LogP contribution in [0.2, 0.25) is 0 Å². The highest BCUT2D eigenvalue weighted by atomic mass is 16.6. The van der Waals surface area contributed by atoms with E-state index in [1.165, 1.54) is 6.07 Å². The van der Waals surface area contributed by atoms with E-state index in [0.717, 1.165) is 28.7 Å². The van der Waals surface area contributed by atoms with Crippen LogP contribution in [0, 0.1) is 17.0 Å². The zero-order valence-electron chi connectivity index (χ0n) is 19.4. The molecule has 0 fully saturated rings. The van der Waals surface area contributed by atoms with Crippen molar-refractivity contribution in [3.8, 4) is 11.5 Å². The van der Waals surface area contributed by atoms with E-state index < -0.39 is 4.92 Å². The summed E-state index contributed by atoms with van der Waals surface area (Å²) >= 11 is 0. The molecule has 0 saturated heterocycles. The van der Waals surface area contributed by atoms with E-state index >= 15 is 0 Å². The van der Waals surface area contributed by atoms with Gasteiger partial charge in [0.1, 0.15) is 5.69 Å². The highest BCUT2D eigenvalue weighted by Gasteiger charge is 2.32. The van der Waals surface area contributed by atoms with Gasteiger partial charge in [-0.2, -0.15) is 0 Å². The summed E-state index contributed by atoms with van der Waals surface area (Å²) in [5.74, 6) is 0.992. The monoisotopic (exact) mass is 461 g/mol. The number of hydrogen-bond acceptors (Lipinski definition) is 6. The van der Waals surface area contributed by atoms with Gasteiger partial charge in [-0.25, -0.2) is 0 Å². The number of hydrogen-bond donors (Lipinski definition) is 1. The lowest BCUT2D eigenvalue weighted by Crippen LogP contribution is -2.41. The Morgan fingerprint density at radius 2 is 1.79 bits per heavy atom. The number of ether oxygens (including phenoxy) is 2. The Hall–Kier alpha value is -3.91. The summed E-state index contributed by atoms with van der Waals surface area (Å²) in [4.78, 5) is 26.1. The molecule has 1 atom stereocenters. The van der Waals surface area contributed by atoms with Gasteiger partial charge in [0.2, 0.25) is 5.91 Å². The molecule has 1 N–H and O–H groups in total. The molecule has 3 aromatic carbocycles. The lowest BCUT2D eigenvalue weighted by Gasteiger charge is -2.37. The van der Waals surface area contributed by atoms with E-state index in [4.69, 9.17) is 9.47 Å². The summed E-state index contributed by atoms with van der Waals surface area (Å²) in [5, 5.41) is 14.2. The van der Waals surface area contributed by atoms with Gasteiger partial charge in [-0.1, -0.05) is 36.4 Å². The molecule has 8 nitrogen and oxygen atoms in total. The van der Waals surface area contributed by atoms with E-state index in [-0.39, 0.29) is 29.9 Å². The molecule has 0 spiro atoms. The fraction of sp³-hybridized carbons (Fsp3) is 0.269. The Balaban J connectivity index is 1.66. The lowest BCUT2D eigenvalue weighted by molar-refractivity contribution is -0.384. The van der Waals surface area contributed by atoms with Gasteiger partial charge in [-0.15, -0.1) is 0 Å². The summed E-state index contributed by atoms with van der Waals surface area (Å²) < 4.78 is 11.0. The van der Waals surface area contributed by atoms with Crippen molar-refractivity contribution in [2.24, 2.45) is 0 Å². The normalized spacial score (nSPS) is 15.3. The first-order valence-electron chi connectivity index (χ1n) is 11.0. The van der Waals surface area contributed by atoms with Gasteiger partial charge in [-0.3, -0.25) is 19.8 Å². The molecule has 0 unspecified atom stereocenters. The average molecular weight is 462 g/mol. The average Bonchev–Trinajstić information content (AvgIpc) is 2.84. The van der Waals surface area contributed by atoms with Crippen LogP contribution in [0.15, 0.2) is 60.7 Å². The summed E-state index contributed by atoms with van der Waals surface area (Å²) in [6, 6.07) is 18.5. The van der Waals surface area contributed by atoms with Crippen molar-refractivity contribution in [1.29, 1.82) is 0 Å². The zero-order chi connectivity index (χ0) is 24.2. The zero-order valence-corrected chi connectivity index (χ0v) is 19.4. The summed E-state index contributed by atoms with van der Waals surface area (Å²) in [6.45, 7) is 2.50. The second-order valence-electron chi connectivity index (χ2n) is 8.27. The van der Waals surface area contributed by atoms with Gasteiger partial charge in [0.05, 0.1) is 31.7 Å². The summed E-state index contributed by atoms with van der Waals surface area (Å²) in [7, 11) is 3.22. The van der Waals surface area contributed by atoms with Crippen LogP contribution in [0.3, 0.4) is 0 Å². The molecule has 0 bridgehead atoms.